The van der Waals surface area contributed by atoms with Gasteiger partial charge in [-0.2, -0.15) is 0 Å². The van der Waals surface area contributed by atoms with Crippen molar-refractivity contribution in [1.29, 1.82) is 0 Å². The first-order valence-electron chi connectivity index (χ1n) is 6.23. The van der Waals surface area contributed by atoms with Crippen molar-refractivity contribution >= 4 is 27.0 Å². The summed E-state index contributed by atoms with van der Waals surface area (Å²) < 4.78 is 26.4. The third kappa shape index (κ3) is 3.03. The number of benzene rings is 1. The van der Waals surface area contributed by atoms with Crippen LogP contribution in [0.5, 0.6) is 0 Å². The Hall–Kier alpha value is -1.37. The van der Waals surface area contributed by atoms with Gasteiger partial charge < -0.3 is 5.32 Å². The zero-order chi connectivity index (χ0) is 14.8. The number of aryl methyl sites for hydroxylation is 1. The van der Waals surface area contributed by atoms with Gasteiger partial charge in [0.25, 0.3) is 10.0 Å². The minimum absolute atomic E-state index is 0.343. The normalized spacial score (nSPS) is 11.6. The second kappa shape index (κ2) is 5.95. The topological polar surface area (TPSA) is 49.4 Å². The average molecular weight is 310 g/mol. The predicted octanol–water partition coefficient (Wildman–Crippen LogP) is 2.60. The first kappa shape index (κ1) is 15.0. The SMILES string of the molecule is CNCc1cc(S(=O)(=O)N(C)c2ccc(C)cc2)cs1. The molecule has 2 aromatic rings. The van der Waals surface area contributed by atoms with Crippen LogP contribution >= 0.6 is 11.3 Å². The van der Waals surface area contributed by atoms with Gasteiger partial charge in [0.15, 0.2) is 0 Å². The van der Waals surface area contributed by atoms with E-state index in [-0.39, 0.29) is 0 Å². The summed E-state index contributed by atoms with van der Waals surface area (Å²) in [6.07, 6.45) is 0. The van der Waals surface area contributed by atoms with Crippen molar-refractivity contribution in [3.63, 3.8) is 0 Å². The van der Waals surface area contributed by atoms with Crippen molar-refractivity contribution in [2.24, 2.45) is 0 Å². The third-order valence-electron chi connectivity index (χ3n) is 3.04. The maximum Gasteiger partial charge on any atom is 0.264 e. The highest BCUT2D eigenvalue weighted by atomic mass is 32.2. The predicted molar refractivity (Wildman–Crippen MR) is 83.9 cm³/mol. The Balaban J connectivity index is 2.30. The van der Waals surface area contributed by atoms with E-state index in [1.165, 1.54) is 15.6 Å². The summed E-state index contributed by atoms with van der Waals surface area (Å²) in [7, 11) is -0.0680. The number of nitrogens with zero attached hydrogens (tertiary/aromatic N) is 1. The maximum absolute atomic E-state index is 12.5. The number of sulfonamides is 1. The van der Waals surface area contributed by atoms with E-state index in [1.807, 2.05) is 38.2 Å². The number of nitrogens with one attached hydrogen (secondary N) is 1. The molecule has 0 saturated carbocycles. The summed E-state index contributed by atoms with van der Waals surface area (Å²) in [5.41, 5.74) is 1.77. The number of hydrogen-bond donors (Lipinski definition) is 1. The van der Waals surface area contributed by atoms with Gasteiger partial charge in [0, 0.05) is 23.8 Å². The zero-order valence-corrected chi connectivity index (χ0v) is 13.4. The van der Waals surface area contributed by atoms with Crippen LogP contribution < -0.4 is 9.62 Å². The summed E-state index contributed by atoms with van der Waals surface area (Å²) >= 11 is 1.45. The van der Waals surface area contributed by atoms with Crippen LogP contribution in [0.1, 0.15) is 10.4 Å². The van der Waals surface area contributed by atoms with Crippen molar-refractivity contribution in [3.05, 3.63) is 46.2 Å². The molecule has 0 spiro atoms. The Labute approximate surface area is 124 Å². The number of anilines is 1. The summed E-state index contributed by atoms with van der Waals surface area (Å²) in [5, 5.41) is 4.71. The molecule has 0 fully saturated rings. The quantitative estimate of drug-likeness (QED) is 0.923. The van der Waals surface area contributed by atoms with Crippen molar-refractivity contribution in [2.75, 3.05) is 18.4 Å². The highest BCUT2D eigenvalue weighted by Crippen LogP contribution is 2.26. The Morgan fingerprint density at radius 1 is 1.25 bits per heavy atom. The molecule has 2 rings (SSSR count). The lowest BCUT2D eigenvalue weighted by molar-refractivity contribution is 0.594. The second-order valence-corrected chi connectivity index (χ2v) is 7.55. The van der Waals surface area contributed by atoms with Gasteiger partial charge >= 0.3 is 0 Å². The summed E-state index contributed by atoms with van der Waals surface area (Å²) in [5.74, 6) is 0. The van der Waals surface area contributed by atoms with E-state index in [4.69, 9.17) is 0 Å². The summed E-state index contributed by atoms with van der Waals surface area (Å²) in [4.78, 5) is 1.35. The van der Waals surface area contributed by atoms with Gasteiger partial charge in [-0.1, -0.05) is 17.7 Å². The number of thiophene rings is 1. The van der Waals surface area contributed by atoms with Crippen LogP contribution in [0.3, 0.4) is 0 Å². The van der Waals surface area contributed by atoms with Gasteiger partial charge in [-0.05, 0) is 32.2 Å². The first-order valence-corrected chi connectivity index (χ1v) is 8.54. The van der Waals surface area contributed by atoms with Gasteiger partial charge in [-0.25, -0.2) is 8.42 Å². The monoisotopic (exact) mass is 310 g/mol. The largest absolute Gasteiger partial charge is 0.315 e. The number of rotatable bonds is 5. The maximum atomic E-state index is 12.5. The van der Waals surface area contributed by atoms with Gasteiger partial charge in [0.05, 0.1) is 10.6 Å². The van der Waals surface area contributed by atoms with Crippen LogP contribution in [0.2, 0.25) is 0 Å². The van der Waals surface area contributed by atoms with E-state index in [0.717, 1.165) is 10.4 Å². The van der Waals surface area contributed by atoms with E-state index in [1.54, 1.807) is 18.5 Å². The van der Waals surface area contributed by atoms with E-state index in [0.29, 0.717) is 17.1 Å². The molecule has 0 aliphatic heterocycles. The van der Waals surface area contributed by atoms with Gasteiger partial charge in [-0.3, -0.25) is 4.31 Å². The molecule has 0 amide bonds. The van der Waals surface area contributed by atoms with Gasteiger partial charge in [0.1, 0.15) is 0 Å². The fourth-order valence-electron chi connectivity index (χ4n) is 1.81. The standard InChI is InChI=1S/C14H18N2O2S2/c1-11-4-6-12(7-5-11)16(3)20(17,18)14-8-13(9-15-2)19-10-14/h4-8,10,15H,9H2,1-3H3. The van der Waals surface area contributed by atoms with Crippen molar-refractivity contribution < 1.29 is 8.42 Å². The highest BCUT2D eigenvalue weighted by Gasteiger charge is 2.22. The molecule has 1 N–H and O–H groups in total. The first-order chi connectivity index (χ1) is 9.45. The van der Waals surface area contributed by atoms with Crippen LogP contribution in [-0.4, -0.2) is 22.5 Å². The number of hydrogen-bond acceptors (Lipinski definition) is 4. The van der Waals surface area contributed by atoms with E-state index < -0.39 is 10.0 Å². The molecule has 0 aliphatic rings. The van der Waals surface area contributed by atoms with Crippen LogP contribution in [0.25, 0.3) is 0 Å². The summed E-state index contributed by atoms with van der Waals surface area (Å²) in [6.45, 7) is 2.65. The zero-order valence-electron chi connectivity index (χ0n) is 11.8. The van der Waals surface area contributed by atoms with Crippen LogP contribution in [0, 0.1) is 6.92 Å². The van der Waals surface area contributed by atoms with E-state index in [2.05, 4.69) is 5.32 Å². The molecule has 0 bridgehead atoms. The third-order valence-corrected chi connectivity index (χ3v) is 5.89. The lowest BCUT2D eigenvalue weighted by Gasteiger charge is -2.18. The van der Waals surface area contributed by atoms with Crippen molar-refractivity contribution in [2.45, 2.75) is 18.4 Å². The Kier molecular flexibility index (Phi) is 4.47. The van der Waals surface area contributed by atoms with E-state index >= 15 is 0 Å². The minimum Gasteiger partial charge on any atom is -0.315 e. The Morgan fingerprint density at radius 2 is 1.90 bits per heavy atom. The molecule has 0 saturated heterocycles. The fraction of sp³-hybridized carbons (Fsp3) is 0.286. The molecule has 4 nitrogen and oxygen atoms in total. The average Bonchev–Trinajstić information content (AvgIpc) is 2.88. The lowest BCUT2D eigenvalue weighted by Crippen LogP contribution is -2.26. The Bertz CT molecular complexity index is 675. The smallest absolute Gasteiger partial charge is 0.264 e. The molecule has 1 aromatic carbocycles. The molecular weight excluding hydrogens is 292 g/mol. The lowest BCUT2D eigenvalue weighted by atomic mass is 10.2. The minimum atomic E-state index is -3.49. The molecule has 0 aliphatic carbocycles. The second-order valence-electron chi connectivity index (χ2n) is 4.59. The van der Waals surface area contributed by atoms with Gasteiger partial charge in [0.2, 0.25) is 0 Å². The molecule has 0 atom stereocenters. The molecule has 1 heterocycles. The molecule has 0 radical (unpaired) electrons. The molecular formula is C14H18N2O2S2. The fourth-order valence-corrected chi connectivity index (χ4v) is 4.28. The van der Waals surface area contributed by atoms with Crippen LogP contribution in [0.4, 0.5) is 5.69 Å². The molecule has 0 unspecified atom stereocenters. The van der Waals surface area contributed by atoms with Gasteiger partial charge in [-0.15, -0.1) is 11.3 Å². The van der Waals surface area contributed by atoms with Crippen molar-refractivity contribution in [1.82, 2.24) is 5.32 Å². The van der Waals surface area contributed by atoms with E-state index in [9.17, 15) is 8.42 Å². The van der Waals surface area contributed by atoms with Crippen LogP contribution in [0.15, 0.2) is 40.6 Å². The molecule has 6 heteroatoms. The molecule has 108 valence electrons. The molecule has 1 aromatic heterocycles. The Morgan fingerprint density at radius 3 is 2.50 bits per heavy atom. The van der Waals surface area contributed by atoms with Crippen LogP contribution in [-0.2, 0) is 16.6 Å². The molecule has 20 heavy (non-hydrogen) atoms. The highest BCUT2D eigenvalue weighted by molar-refractivity contribution is 7.93. The summed E-state index contributed by atoms with van der Waals surface area (Å²) in [6, 6.07) is 9.16. The van der Waals surface area contributed by atoms with Crippen molar-refractivity contribution in [3.8, 4) is 0 Å².